The van der Waals surface area contributed by atoms with Gasteiger partial charge >= 0.3 is 0 Å². The van der Waals surface area contributed by atoms with Gasteiger partial charge < -0.3 is 9.47 Å². The van der Waals surface area contributed by atoms with Gasteiger partial charge in [0.2, 0.25) is 0 Å². The molecule has 0 N–H and O–H groups in total. The number of nitriles is 1. The van der Waals surface area contributed by atoms with Gasteiger partial charge in [0.15, 0.2) is 23.1 Å². The van der Waals surface area contributed by atoms with Crippen molar-refractivity contribution >= 4 is 23.2 Å². The molecule has 2 aromatic carbocycles. The molecule has 0 radical (unpaired) electrons. The number of methoxy groups -OCH3 is 1. The molecule has 0 saturated carbocycles. The van der Waals surface area contributed by atoms with Gasteiger partial charge in [-0.2, -0.15) is 5.26 Å². The van der Waals surface area contributed by atoms with E-state index in [0.29, 0.717) is 34.2 Å². The zero-order chi connectivity index (χ0) is 24.9. The highest BCUT2D eigenvalue weighted by Crippen LogP contribution is 2.34. The van der Waals surface area contributed by atoms with Gasteiger partial charge in [0, 0.05) is 23.9 Å². The van der Waals surface area contributed by atoms with Crippen molar-refractivity contribution in [1.82, 2.24) is 14.5 Å². The van der Waals surface area contributed by atoms with Gasteiger partial charge in [0.25, 0.3) is 0 Å². The molecule has 0 spiro atoms. The van der Waals surface area contributed by atoms with E-state index in [9.17, 15) is 8.78 Å². The fraction of sp³-hybridized carbons (Fsp3) is 0.222. The van der Waals surface area contributed by atoms with Crippen LogP contribution < -0.4 is 9.47 Å². The van der Waals surface area contributed by atoms with Gasteiger partial charge in [-0.15, -0.1) is 0 Å². The largest absolute Gasteiger partial charge is 0.493 e. The second-order valence-corrected chi connectivity index (χ2v) is 7.85. The van der Waals surface area contributed by atoms with Crippen LogP contribution in [0.1, 0.15) is 43.6 Å². The number of halogens is 2. The number of rotatable bonds is 8. The van der Waals surface area contributed by atoms with Crippen LogP contribution in [0.5, 0.6) is 11.5 Å². The summed E-state index contributed by atoms with van der Waals surface area (Å²) >= 11 is 0. The molecule has 178 valence electrons. The second kappa shape index (κ2) is 10.3. The minimum Gasteiger partial charge on any atom is -0.493 e. The fourth-order valence-electron chi connectivity index (χ4n) is 3.77. The molecular weight excluding hydrogens is 450 g/mol. The standard InChI is InChI=1S/C27H24F2N4O2/c1-4-19(5-2)35-27-18(7-6-8-24(27)34-3)10-12-26-32-22-13-20(28)21(29)14-23(22)33(26)25-11-9-17(15-30)16-31-25/h6-14,16,19H,4-5H2,1-3H3. The molecule has 0 unspecified atom stereocenters. The third-order valence-corrected chi connectivity index (χ3v) is 5.66. The minimum absolute atomic E-state index is 0.0248. The van der Waals surface area contributed by atoms with Crippen LogP contribution in [-0.4, -0.2) is 27.7 Å². The van der Waals surface area contributed by atoms with Crippen molar-refractivity contribution in [3.8, 4) is 23.4 Å². The second-order valence-electron chi connectivity index (χ2n) is 7.85. The maximum Gasteiger partial charge on any atom is 0.168 e. The molecule has 0 atom stereocenters. The summed E-state index contributed by atoms with van der Waals surface area (Å²) in [6.07, 6.45) is 6.66. The lowest BCUT2D eigenvalue weighted by atomic mass is 10.1. The van der Waals surface area contributed by atoms with Crippen molar-refractivity contribution in [2.75, 3.05) is 7.11 Å². The molecule has 0 amide bonds. The lowest BCUT2D eigenvalue weighted by Gasteiger charge is -2.19. The molecule has 0 aliphatic heterocycles. The Morgan fingerprint density at radius 2 is 1.86 bits per heavy atom. The highest BCUT2D eigenvalue weighted by Gasteiger charge is 2.17. The number of ether oxygens (including phenoxy) is 2. The number of aromatic nitrogens is 3. The highest BCUT2D eigenvalue weighted by molar-refractivity contribution is 5.82. The quantitative estimate of drug-likeness (QED) is 0.299. The Morgan fingerprint density at radius 1 is 1.09 bits per heavy atom. The Balaban J connectivity index is 1.85. The van der Waals surface area contributed by atoms with Gasteiger partial charge in [-0.25, -0.2) is 18.7 Å². The van der Waals surface area contributed by atoms with E-state index in [2.05, 4.69) is 23.8 Å². The van der Waals surface area contributed by atoms with Crippen molar-refractivity contribution in [3.63, 3.8) is 0 Å². The van der Waals surface area contributed by atoms with Crippen LogP contribution in [-0.2, 0) is 0 Å². The fourth-order valence-corrected chi connectivity index (χ4v) is 3.77. The summed E-state index contributed by atoms with van der Waals surface area (Å²) in [6.45, 7) is 4.12. The molecule has 2 heterocycles. The molecule has 0 fully saturated rings. The summed E-state index contributed by atoms with van der Waals surface area (Å²) in [5.74, 6) is 0.0482. The summed E-state index contributed by atoms with van der Waals surface area (Å²) in [4.78, 5) is 8.83. The molecule has 4 aromatic rings. The first-order valence-electron chi connectivity index (χ1n) is 11.2. The normalized spacial score (nSPS) is 11.3. The van der Waals surface area contributed by atoms with Crippen LogP contribution in [0.15, 0.2) is 48.7 Å². The number of hydrogen-bond acceptors (Lipinski definition) is 5. The first kappa shape index (κ1) is 23.9. The van der Waals surface area contributed by atoms with Crippen LogP contribution in [0.3, 0.4) is 0 Å². The Labute approximate surface area is 202 Å². The SMILES string of the molecule is CCC(CC)Oc1c(C=Cc2nc3cc(F)c(F)cc3n2-c2ccc(C#N)cn2)cccc1OC. The molecule has 2 aromatic heterocycles. The van der Waals surface area contributed by atoms with E-state index in [1.165, 1.54) is 6.20 Å². The topological polar surface area (TPSA) is 73.0 Å². The smallest absolute Gasteiger partial charge is 0.168 e. The van der Waals surface area contributed by atoms with E-state index in [1.54, 1.807) is 29.9 Å². The number of benzene rings is 2. The lowest BCUT2D eigenvalue weighted by Crippen LogP contribution is -2.14. The van der Waals surface area contributed by atoms with Crippen molar-refractivity contribution in [2.45, 2.75) is 32.8 Å². The molecule has 0 bridgehead atoms. The number of pyridine rings is 1. The van der Waals surface area contributed by atoms with Crippen LogP contribution in [0.4, 0.5) is 8.78 Å². The van der Waals surface area contributed by atoms with E-state index >= 15 is 0 Å². The Kier molecular flexibility index (Phi) is 7.06. The Bertz CT molecular complexity index is 1420. The zero-order valence-electron chi connectivity index (χ0n) is 19.6. The first-order chi connectivity index (χ1) is 17.0. The minimum atomic E-state index is -0.989. The molecule has 4 rings (SSSR count). The van der Waals surface area contributed by atoms with Crippen LogP contribution in [0, 0.1) is 23.0 Å². The lowest BCUT2D eigenvalue weighted by molar-refractivity contribution is 0.184. The Hall–Kier alpha value is -4.25. The summed E-state index contributed by atoms with van der Waals surface area (Å²) < 4.78 is 41.4. The van der Waals surface area contributed by atoms with E-state index in [0.717, 1.165) is 30.5 Å². The van der Waals surface area contributed by atoms with Crippen LogP contribution in [0.2, 0.25) is 0 Å². The van der Waals surface area contributed by atoms with Gasteiger partial charge in [-0.3, -0.25) is 4.57 Å². The van der Waals surface area contributed by atoms with Gasteiger partial charge in [0.05, 0.1) is 29.8 Å². The van der Waals surface area contributed by atoms with E-state index in [4.69, 9.17) is 14.7 Å². The molecule has 0 saturated heterocycles. The zero-order valence-corrected chi connectivity index (χ0v) is 19.6. The van der Waals surface area contributed by atoms with Crippen LogP contribution >= 0.6 is 0 Å². The number of para-hydroxylation sites is 1. The maximum absolute atomic E-state index is 14.1. The maximum atomic E-state index is 14.1. The average molecular weight is 475 g/mol. The van der Waals surface area contributed by atoms with Crippen molar-refractivity contribution in [3.05, 3.63) is 77.2 Å². The van der Waals surface area contributed by atoms with Crippen molar-refractivity contribution in [2.24, 2.45) is 0 Å². The van der Waals surface area contributed by atoms with Gasteiger partial charge in [-0.05, 0) is 43.2 Å². The van der Waals surface area contributed by atoms with Crippen molar-refractivity contribution in [1.29, 1.82) is 5.26 Å². The predicted octanol–water partition coefficient (Wildman–Crippen LogP) is 6.32. The first-order valence-corrected chi connectivity index (χ1v) is 11.2. The van der Waals surface area contributed by atoms with Gasteiger partial charge in [-0.1, -0.05) is 26.0 Å². The van der Waals surface area contributed by atoms with Gasteiger partial charge in [0.1, 0.15) is 17.7 Å². The molecule has 0 aliphatic carbocycles. The summed E-state index contributed by atoms with van der Waals surface area (Å²) in [7, 11) is 1.58. The third kappa shape index (κ3) is 4.85. The monoisotopic (exact) mass is 474 g/mol. The van der Waals surface area contributed by atoms with E-state index < -0.39 is 11.6 Å². The molecule has 35 heavy (non-hydrogen) atoms. The van der Waals surface area contributed by atoms with Crippen molar-refractivity contribution < 1.29 is 18.3 Å². The predicted molar refractivity (Wildman–Crippen MR) is 130 cm³/mol. The van der Waals surface area contributed by atoms with Crippen LogP contribution in [0.25, 0.3) is 29.0 Å². The van der Waals surface area contributed by atoms with E-state index in [-0.39, 0.29) is 11.6 Å². The summed E-state index contributed by atoms with van der Waals surface area (Å²) in [5.41, 5.74) is 1.76. The highest BCUT2D eigenvalue weighted by atomic mass is 19.2. The van der Waals surface area contributed by atoms with E-state index in [1.807, 2.05) is 30.3 Å². The summed E-state index contributed by atoms with van der Waals surface area (Å²) in [6, 6.07) is 13.0. The molecule has 6 nitrogen and oxygen atoms in total. The number of fused-ring (bicyclic) bond motifs is 1. The Morgan fingerprint density at radius 3 is 2.51 bits per heavy atom. The summed E-state index contributed by atoms with van der Waals surface area (Å²) in [5, 5.41) is 9.10. The molecule has 0 aliphatic rings. The third-order valence-electron chi connectivity index (χ3n) is 5.66. The number of nitrogens with zero attached hydrogens (tertiary/aromatic N) is 4. The average Bonchev–Trinajstić information content (AvgIpc) is 3.23. The molecular formula is C27H24F2N4O2. The number of imidazole rings is 1. The number of hydrogen-bond donors (Lipinski definition) is 0. The molecule has 8 heteroatoms.